The van der Waals surface area contributed by atoms with Gasteiger partial charge in [-0.05, 0) is 30.3 Å². The molecule has 1 aliphatic heterocycles. The first-order valence-electron chi connectivity index (χ1n) is 6.74. The Bertz CT molecular complexity index is 685. The van der Waals surface area contributed by atoms with E-state index in [0.717, 1.165) is 0 Å². The van der Waals surface area contributed by atoms with E-state index >= 15 is 0 Å². The molecule has 0 saturated heterocycles. The van der Waals surface area contributed by atoms with E-state index in [1.54, 1.807) is 18.2 Å². The van der Waals surface area contributed by atoms with Crippen LogP contribution in [0.4, 0.5) is 0 Å². The molecule has 0 radical (unpaired) electrons. The number of carbonyl (C=O) groups excluding carboxylic acids is 1. The highest BCUT2D eigenvalue weighted by molar-refractivity contribution is 6.35. The van der Waals surface area contributed by atoms with Gasteiger partial charge in [-0.15, -0.1) is 0 Å². The third-order valence-electron chi connectivity index (χ3n) is 3.18. The molecule has 1 heterocycles. The number of nitrogens with one attached hydrogen (secondary N) is 1. The number of carbonyl (C=O) groups is 1. The standard InChI is InChI=1S/C16H13Cl2NO3/c17-11-5-10(6-12(18)7-11)16(20)19-8-13-9-21-14-3-1-2-4-15(14)22-13/h1-7,13H,8-9H2,(H,19,20)/t13-/m0/s1. The zero-order chi connectivity index (χ0) is 15.5. The van der Waals surface area contributed by atoms with Gasteiger partial charge in [0.2, 0.25) is 0 Å². The molecule has 6 heteroatoms. The predicted molar refractivity (Wildman–Crippen MR) is 85.1 cm³/mol. The van der Waals surface area contributed by atoms with Gasteiger partial charge in [-0.2, -0.15) is 0 Å². The van der Waals surface area contributed by atoms with Crippen LogP contribution in [0.15, 0.2) is 42.5 Å². The van der Waals surface area contributed by atoms with Crippen LogP contribution in [0.25, 0.3) is 0 Å². The predicted octanol–water partition coefficient (Wildman–Crippen LogP) is 3.56. The molecule has 0 aromatic heterocycles. The van der Waals surface area contributed by atoms with Crippen LogP contribution < -0.4 is 14.8 Å². The molecule has 0 aliphatic carbocycles. The van der Waals surface area contributed by atoms with E-state index in [9.17, 15) is 4.79 Å². The number of rotatable bonds is 3. The molecular weight excluding hydrogens is 325 g/mol. The number of fused-ring (bicyclic) bond motifs is 1. The fraction of sp³-hybridized carbons (Fsp3) is 0.188. The highest BCUT2D eigenvalue weighted by atomic mass is 35.5. The van der Waals surface area contributed by atoms with Gasteiger partial charge in [-0.1, -0.05) is 35.3 Å². The molecule has 114 valence electrons. The number of hydrogen-bond acceptors (Lipinski definition) is 3. The summed E-state index contributed by atoms with van der Waals surface area (Å²) in [6, 6.07) is 12.1. The first-order chi connectivity index (χ1) is 10.6. The van der Waals surface area contributed by atoms with Crippen LogP contribution in [0.1, 0.15) is 10.4 Å². The minimum atomic E-state index is -0.258. The summed E-state index contributed by atoms with van der Waals surface area (Å²) in [5.41, 5.74) is 0.412. The molecule has 1 aliphatic rings. The van der Waals surface area contributed by atoms with Gasteiger partial charge in [-0.25, -0.2) is 0 Å². The van der Waals surface area contributed by atoms with Crippen molar-refractivity contribution in [3.05, 3.63) is 58.1 Å². The molecular formula is C16H13Cl2NO3. The first kappa shape index (κ1) is 15.0. The summed E-state index contributed by atoms with van der Waals surface area (Å²) in [6.07, 6.45) is -0.242. The van der Waals surface area contributed by atoms with Crippen molar-refractivity contribution >= 4 is 29.1 Å². The molecule has 3 rings (SSSR count). The van der Waals surface area contributed by atoms with Gasteiger partial charge in [0.25, 0.3) is 5.91 Å². The average molecular weight is 338 g/mol. The maximum absolute atomic E-state index is 12.1. The topological polar surface area (TPSA) is 47.6 Å². The van der Waals surface area contributed by atoms with Crippen LogP contribution >= 0.6 is 23.2 Å². The quantitative estimate of drug-likeness (QED) is 0.931. The second-order valence-corrected chi connectivity index (χ2v) is 5.74. The van der Waals surface area contributed by atoms with E-state index in [-0.39, 0.29) is 12.0 Å². The van der Waals surface area contributed by atoms with Gasteiger partial charge in [-0.3, -0.25) is 4.79 Å². The lowest BCUT2D eigenvalue weighted by Crippen LogP contribution is -2.40. The van der Waals surface area contributed by atoms with Crippen molar-refractivity contribution in [2.75, 3.05) is 13.2 Å². The maximum Gasteiger partial charge on any atom is 0.251 e. The third-order valence-corrected chi connectivity index (χ3v) is 3.62. The van der Waals surface area contributed by atoms with Gasteiger partial charge in [0.1, 0.15) is 12.7 Å². The van der Waals surface area contributed by atoms with Gasteiger partial charge in [0.15, 0.2) is 11.5 Å². The molecule has 1 amide bonds. The summed E-state index contributed by atoms with van der Waals surface area (Å²) in [6.45, 7) is 0.713. The van der Waals surface area contributed by atoms with Crippen molar-refractivity contribution in [2.45, 2.75) is 6.10 Å². The Morgan fingerprint density at radius 3 is 2.55 bits per heavy atom. The first-order valence-corrected chi connectivity index (χ1v) is 7.50. The molecule has 0 unspecified atom stereocenters. The van der Waals surface area contributed by atoms with Gasteiger partial charge in [0.05, 0.1) is 6.54 Å². The van der Waals surface area contributed by atoms with E-state index in [1.807, 2.05) is 24.3 Å². The van der Waals surface area contributed by atoms with Crippen LogP contribution in [0.3, 0.4) is 0 Å². The number of halogens is 2. The molecule has 0 saturated carbocycles. The Hall–Kier alpha value is -1.91. The summed E-state index contributed by atoms with van der Waals surface area (Å²) in [7, 11) is 0. The number of hydrogen-bond donors (Lipinski definition) is 1. The highest BCUT2D eigenvalue weighted by Crippen LogP contribution is 2.30. The van der Waals surface area contributed by atoms with Crippen molar-refractivity contribution in [1.82, 2.24) is 5.32 Å². The molecule has 0 spiro atoms. The van der Waals surface area contributed by atoms with E-state index < -0.39 is 0 Å². The van der Waals surface area contributed by atoms with Crippen LogP contribution in [-0.2, 0) is 0 Å². The summed E-state index contributed by atoms with van der Waals surface area (Å²) in [5, 5.41) is 3.63. The van der Waals surface area contributed by atoms with Crippen molar-refractivity contribution in [3.63, 3.8) is 0 Å². The molecule has 1 atom stereocenters. The summed E-state index contributed by atoms with van der Waals surface area (Å²) in [4.78, 5) is 12.1. The normalized spacial score (nSPS) is 16.2. The van der Waals surface area contributed by atoms with Crippen molar-refractivity contribution < 1.29 is 14.3 Å². The van der Waals surface area contributed by atoms with E-state index in [2.05, 4.69) is 5.32 Å². The zero-order valence-electron chi connectivity index (χ0n) is 11.5. The second kappa shape index (κ2) is 6.46. The van der Waals surface area contributed by atoms with Gasteiger partial charge >= 0.3 is 0 Å². The minimum Gasteiger partial charge on any atom is -0.486 e. The molecule has 22 heavy (non-hydrogen) atoms. The smallest absolute Gasteiger partial charge is 0.251 e. The molecule has 0 bridgehead atoms. The average Bonchev–Trinajstić information content (AvgIpc) is 2.51. The molecule has 2 aromatic carbocycles. The molecule has 0 fully saturated rings. The fourth-order valence-electron chi connectivity index (χ4n) is 2.16. The maximum atomic E-state index is 12.1. The van der Waals surface area contributed by atoms with Crippen LogP contribution in [-0.4, -0.2) is 25.2 Å². The number of benzene rings is 2. The summed E-state index contributed by atoms with van der Waals surface area (Å²) >= 11 is 11.8. The van der Waals surface area contributed by atoms with E-state index in [1.165, 1.54) is 0 Å². The lowest BCUT2D eigenvalue weighted by atomic mass is 10.2. The molecule has 2 aromatic rings. The van der Waals surface area contributed by atoms with Gasteiger partial charge < -0.3 is 14.8 Å². The Kier molecular flexibility index (Phi) is 4.41. The van der Waals surface area contributed by atoms with Crippen LogP contribution in [0.2, 0.25) is 10.0 Å². The molecule has 4 nitrogen and oxygen atoms in total. The largest absolute Gasteiger partial charge is 0.486 e. The Morgan fingerprint density at radius 2 is 1.82 bits per heavy atom. The van der Waals surface area contributed by atoms with Crippen LogP contribution in [0.5, 0.6) is 11.5 Å². The van der Waals surface area contributed by atoms with Gasteiger partial charge in [0, 0.05) is 15.6 Å². The van der Waals surface area contributed by atoms with Crippen molar-refractivity contribution in [3.8, 4) is 11.5 Å². The summed E-state index contributed by atoms with van der Waals surface area (Å²) in [5.74, 6) is 1.14. The lowest BCUT2D eigenvalue weighted by molar-refractivity contribution is 0.0789. The Labute approximate surface area is 137 Å². The summed E-state index contributed by atoms with van der Waals surface area (Å²) < 4.78 is 11.4. The number of para-hydroxylation sites is 2. The lowest BCUT2D eigenvalue weighted by Gasteiger charge is -2.26. The van der Waals surface area contributed by atoms with Crippen molar-refractivity contribution in [2.24, 2.45) is 0 Å². The second-order valence-electron chi connectivity index (χ2n) is 4.87. The van der Waals surface area contributed by atoms with E-state index in [4.69, 9.17) is 32.7 Å². The van der Waals surface area contributed by atoms with E-state index in [0.29, 0.717) is 40.3 Å². The minimum absolute atomic E-state index is 0.242. The number of ether oxygens (including phenoxy) is 2. The number of amides is 1. The highest BCUT2D eigenvalue weighted by Gasteiger charge is 2.21. The van der Waals surface area contributed by atoms with Crippen LogP contribution in [0, 0.1) is 0 Å². The Morgan fingerprint density at radius 1 is 1.14 bits per heavy atom. The fourth-order valence-corrected chi connectivity index (χ4v) is 2.68. The molecule has 1 N–H and O–H groups in total. The van der Waals surface area contributed by atoms with Crippen molar-refractivity contribution in [1.29, 1.82) is 0 Å². The SMILES string of the molecule is O=C(NC[C@H]1COc2ccccc2O1)c1cc(Cl)cc(Cl)c1. The third kappa shape index (κ3) is 3.46. The monoisotopic (exact) mass is 337 g/mol. The Balaban J connectivity index is 1.60. The zero-order valence-corrected chi connectivity index (χ0v) is 13.0.